The molecule has 30 heavy (non-hydrogen) atoms. The number of nitrogens with zero attached hydrogens (tertiary/aromatic N) is 2. The van der Waals surface area contributed by atoms with Gasteiger partial charge in [-0.3, -0.25) is 4.79 Å². The highest BCUT2D eigenvalue weighted by molar-refractivity contribution is 6.09. The zero-order valence-corrected chi connectivity index (χ0v) is 18.9. The molecule has 1 aliphatic carbocycles. The maximum atomic E-state index is 13.3. The van der Waals surface area contributed by atoms with Gasteiger partial charge in [0.1, 0.15) is 0 Å². The van der Waals surface area contributed by atoms with Gasteiger partial charge >= 0.3 is 0 Å². The van der Waals surface area contributed by atoms with Crippen molar-refractivity contribution in [1.29, 1.82) is 0 Å². The third kappa shape index (κ3) is 4.67. The Morgan fingerprint density at radius 1 is 1.07 bits per heavy atom. The van der Waals surface area contributed by atoms with E-state index in [4.69, 9.17) is 4.98 Å². The molecule has 0 fully saturated rings. The van der Waals surface area contributed by atoms with Gasteiger partial charge in [0.15, 0.2) is 0 Å². The van der Waals surface area contributed by atoms with Crippen LogP contribution in [-0.2, 0) is 6.42 Å². The van der Waals surface area contributed by atoms with E-state index in [9.17, 15) is 4.79 Å². The Balaban J connectivity index is 0.00000160. The van der Waals surface area contributed by atoms with Crippen molar-refractivity contribution in [1.82, 2.24) is 15.2 Å². The molecule has 0 unspecified atom stereocenters. The van der Waals surface area contributed by atoms with E-state index >= 15 is 0 Å². The number of aromatic nitrogens is 1. The maximum absolute atomic E-state index is 13.3. The number of halogens is 2. The average Bonchev–Trinajstić information content (AvgIpc) is 3.12. The van der Waals surface area contributed by atoms with Gasteiger partial charge in [0, 0.05) is 25.5 Å². The number of rotatable bonds is 5. The summed E-state index contributed by atoms with van der Waals surface area (Å²) < 4.78 is 0. The SMILES string of the molecule is CNCCN(C)C(=O)c1c2c(nc3ccccc13)/C(=C\c1ccccc1)CC2.Cl.Cl. The van der Waals surface area contributed by atoms with E-state index in [0.29, 0.717) is 6.54 Å². The maximum Gasteiger partial charge on any atom is 0.254 e. The minimum Gasteiger partial charge on any atom is -0.340 e. The molecule has 0 saturated heterocycles. The Bertz CT molecular complexity index is 1050. The Hall–Kier alpha value is -2.40. The number of hydrogen-bond donors (Lipinski definition) is 1. The molecule has 4 nitrogen and oxygen atoms in total. The van der Waals surface area contributed by atoms with Gasteiger partial charge in [-0.1, -0.05) is 48.5 Å². The van der Waals surface area contributed by atoms with Crippen molar-refractivity contribution in [3.8, 4) is 0 Å². The van der Waals surface area contributed by atoms with Crippen LogP contribution in [0.4, 0.5) is 0 Å². The van der Waals surface area contributed by atoms with E-state index in [2.05, 4.69) is 23.5 Å². The first-order valence-electron chi connectivity index (χ1n) is 9.76. The predicted octanol–water partition coefficient (Wildman–Crippen LogP) is 4.86. The summed E-state index contributed by atoms with van der Waals surface area (Å²) >= 11 is 0. The molecule has 0 saturated carbocycles. The molecule has 1 heterocycles. The summed E-state index contributed by atoms with van der Waals surface area (Å²) in [6, 6.07) is 18.3. The Labute approximate surface area is 190 Å². The third-order valence-electron chi connectivity index (χ3n) is 5.34. The van der Waals surface area contributed by atoms with E-state index < -0.39 is 0 Å². The summed E-state index contributed by atoms with van der Waals surface area (Å²) in [5.74, 6) is 0.0751. The molecule has 1 aliphatic rings. The van der Waals surface area contributed by atoms with Crippen LogP contribution < -0.4 is 5.32 Å². The quantitative estimate of drug-likeness (QED) is 0.612. The number of benzene rings is 2. The van der Waals surface area contributed by atoms with Crippen LogP contribution in [0.15, 0.2) is 54.6 Å². The number of allylic oxidation sites excluding steroid dienone is 1. The molecular formula is C24H27Cl2N3O. The molecule has 1 aromatic heterocycles. The van der Waals surface area contributed by atoms with Crippen LogP contribution in [0.25, 0.3) is 22.6 Å². The summed E-state index contributed by atoms with van der Waals surface area (Å²) in [7, 11) is 3.77. The number of nitrogens with one attached hydrogen (secondary N) is 1. The predicted molar refractivity (Wildman–Crippen MR) is 130 cm³/mol. The van der Waals surface area contributed by atoms with Crippen LogP contribution in [0.3, 0.4) is 0 Å². The number of carbonyl (C=O) groups excluding carboxylic acids is 1. The largest absolute Gasteiger partial charge is 0.340 e. The number of amides is 1. The minimum absolute atomic E-state index is 0. The van der Waals surface area contributed by atoms with E-state index in [1.54, 1.807) is 4.90 Å². The Morgan fingerprint density at radius 3 is 2.50 bits per heavy atom. The van der Waals surface area contributed by atoms with Gasteiger partial charge in [-0.2, -0.15) is 0 Å². The standard InChI is InChI=1S/C24H25N3O.2ClH/c1-25-14-15-27(2)24(28)22-19-10-6-7-11-21(19)26-23-18(12-13-20(22)23)16-17-8-4-3-5-9-17;;/h3-11,16,25H,12-15H2,1-2H3;2*1H/b18-16-;;. The van der Waals surface area contributed by atoms with Crippen molar-refractivity contribution in [3.63, 3.8) is 0 Å². The van der Waals surface area contributed by atoms with E-state index in [1.807, 2.05) is 56.6 Å². The van der Waals surface area contributed by atoms with Gasteiger partial charge in [0.2, 0.25) is 0 Å². The molecule has 6 heteroatoms. The van der Waals surface area contributed by atoms with Crippen LogP contribution in [-0.4, -0.2) is 43.0 Å². The summed E-state index contributed by atoms with van der Waals surface area (Å²) in [5, 5.41) is 4.06. The molecule has 1 amide bonds. The molecule has 0 bridgehead atoms. The van der Waals surface area contributed by atoms with Gasteiger partial charge in [-0.25, -0.2) is 4.98 Å². The first kappa shape index (κ1) is 23.9. The third-order valence-corrected chi connectivity index (χ3v) is 5.34. The zero-order chi connectivity index (χ0) is 19.5. The highest BCUT2D eigenvalue weighted by atomic mass is 35.5. The number of likely N-dealkylation sites (N-methyl/N-ethyl adjacent to an activating group) is 2. The van der Waals surface area contributed by atoms with Gasteiger partial charge in [-0.05, 0) is 48.7 Å². The van der Waals surface area contributed by atoms with Crippen molar-refractivity contribution >= 4 is 53.3 Å². The summed E-state index contributed by atoms with van der Waals surface area (Å²) in [6.07, 6.45) is 3.97. The van der Waals surface area contributed by atoms with Gasteiger partial charge in [-0.15, -0.1) is 24.8 Å². The second kappa shape index (κ2) is 10.6. The Morgan fingerprint density at radius 2 is 1.77 bits per heavy atom. The van der Waals surface area contributed by atoms with E-state index in [1.165, 1.54) is 11.1 Å². The minimum atomic E-state index is 0. The second-order valence-electron chi connectivity index (χ2n) is 7.24. The summed E-state index contributed by atoms with van der Waals surface area (Å²) in [6.45, 7) is 1.44. The molecule has 1 N–H and O–H groups in total. The lowest BCUT2D eigenvalue weighted by atomic mass is 9.99. The van der Waals surface area contributed by atoms with Crippen LogP contribution in [0.1, 0.15) is 33.6 Å². The normalized spacial score (nSPS) is 13.5. The van der Waals surface area contributed by atoms with Crippen LogP contribution in [0.2, 0.25) is 0 Å². The number of carbonyl (C=O) groups is 1. The lowest BCUT2D eigenvalue weighted by molar-refractivity contribution is 0.0797. The molecular weight excluding hydrogens is 417 g/mol. The molecule has 0 radical (unpaired) electrons. The van der Waals surface area contributed by atoms with E-state index in [-0.39, 0.29) is 30.7 Å². The summed E-state index contributed by atoms with van der Waals surface area (Å²) in [4.78, 5) is 20.1. The van der Waals surface area contributed by atoms with Gasteiger partial charge < -0.3 is 10.2 Å². The highest BCUT2D eigenvalue weighted by Gasteiger charge is 2.28. The molecule has 2 aromatic carbocycles. The topological polar surface area (TPSA) is 45.2 Å². The lowest BCUT2D eigenvalue weighted by Gasteiger charge is -2.20. The first-order chi connectivity index (χ1) is 13.7. The molecule has 4 rings (SSSR count). The number of para-hydroxylation sites is 1. The van der Waals surface area contributed by atoms with Crippen LogP contribution in [0, 0.1) is 0 Å². The molecule has 0 aliphatic heterocycles. The zero-order valence-electron chi connectivity index (χ0n) is 17.2. The first-order valence-corrected chi connectivity index (χ1v) is 9.76. The van der Waals surface area contributed by atoms with Crippen molar-refractivity contribution in [2.24, 2.45) is 0 Å². The fourth-order valence-corrected chi connectivity index (χ4v) is 3.85. The second-order valence-corrected chi connectivity index (χ2v) is 7.24. The van der Waals surface area contributed by atoms with Crippen LogP contribution in [0.5, 0.6) is 0 Å². The molecule has 3 aromatic rings. The highest BCUT2D eigenvalue weighted by Crippen LogP contribution is 2.37. The molecule has 0 spiro atoms. The molecule has 0 atom stereocenters. The van der Waals surface area contributed by atoms with Gasteiger partial charge in [0.25, 0.3) is 5.91 Å². The smallest absolute Gasteiger partial charge is 0.254 e. The number of fused-ring (bicyclic) bond motifs is 2. The van der Waals surface area contributed by atoms with Crippen molar-refractivity contribution in [2.45, 2.75) is 12.8 Å². The monoisotopic (exact) mass is 443 g/mol. The fraction of sp³-hybridized carbons (Fsp3) is 0.250. The van der Waals surface area contributed by atoms with Crippen molar-refractivity contribution < 1.29 is 4.79 Å². The lowest BCUT2D eigenvalue weighted by Crippen LogP contribution is -2.33. The Kier molecular flexibility index (Phi) is 8.42. The van der Waals surface area contributed by atoms with E-state index in [0.717, 1.165) is 47.1 Å². The number of hydrogen-bond acceptors (Lipinski definition) is 3. The fourth-order valence-electron chi connectivity index (χ4n) is 3.85. The van der Waals surface area contributed by atoms with Crippen molar-refractivity contribution in [2.75, 3.05) is 27.2 Å². The average molecular weight is 444 g/mol. The summed E-state index contributed by atoms with van der Waals surface area (Å²) in [5.41, 5.74) is 6.14. The van der Waals surface area contributed by atoms with Crippen molar-refractivity contribution in [3.05, 3.63) is 77.0 Å². The van der Waals surface area contributed by atoms with Crippen LogP contribution >= 0.6 is 24.8 Å². The molecule has 158 valence electrons. The number of pyridine rings is 1. The van der Waals surface area contributed by atoms with Gasteiger partial charge in [0.05, 0.1) is 16.8 Å².